The minimum atomic E-state index is 0.177. The van der Waals surface area contributed by atoms with Gasteiger partial charge in [-0.25, -0.2) is 0 Å². The fourth-order valence-electron chi connectivity index (χ4n) is 2.68. The molecule has 1 aliphatic rings. The van der Waals surface area contributed by atoms with Crippen LogP contribution < -0.4 is 5.32 Å². The third-order valence-corrected chi connectivity index (χ3v) is 3.91. The Bertz CT molecular complexity index is 421. The first-order valence-electron chi connectivity index (χ1n) is 7.92. The van der Waals surface area contributed by atoms with Gasteiger partial charge in [0.1, 0.15) is 0 Å². The first-order valence-corrected chi connectivity index (χ1v) is 7.92. The number of aromatic nitrogens is 4. The van der Waals surface area contributed by atoms with Crippen molar-refractivity contribution in [3.05, 3.63) is 5.82 Å². The van der Waals surface area contributed by atoms with Gasteiger partial charge in [-0.1, -0.05) is 6.92 Å². The quantitative estimate of drug-likeness (QED) is 0.777. The van der Waals surface area contributed by atoms with E-state index in [0.29, 0.717) is 6.04 Å². The SMILES string of the molecule is CCCNC(Cc1nnn(C)n1)C1CN(C(C)C)CCO1. The summed E-state index contributed by atoms with van der Waals surface area (Å²) in [6.45, 7) is 10.4. The Hall–Kier alpha value is -1.05. The molecule has 0 saturated carbocycles. The highest BCUT2D eigenvalue weighted by atomic mass is 16.5. The van der Waals surface area contributed by atoms with Gasteiger partial charge in [-0.2, -0.15) is 4.80 Å². The van der Waals surface area contributed by atoms with Crippen molar-refractivity contribution in [1.82, 2.24) is 30.4 Å². The van der Waals surface area contributed by atoms with Gasteiger partial charge in [0.15, 0.2) is 5.82 Å². The summed E-state index contributed by atoms with van der Waals surface area (Å²) in [5.74, 6) is 0.774. The standard InChI is InChI=1S/C14H28N6O/c1-5-6-15-12(9-14-16-18-19(4)17-14)13-10-20(11(2)3)7-8-21-13/h11-13,15H,5-10H2,1-4H3. The molecule has 7 nitrogen and oxygen atoms in total. The monoisotopic (exact) mass is 296 g/mol. The number of morpholine rings is 1. The van der Waals surface area contributed by atoms with E-state index in [0.717, 1.165) is 44.9 Å². The molecule has 1 aromatic heterocycles. The molecule has 1 fully saturated rings. The van der Waals surface area contributed by atoms with E-state index in [1.807, 2.05) is 0 Å². The van der Waals surface area contributed by atoms with Crippen LogP contribution in [0.25, 0.3) is 0 Å². The Morgan fingerprint density at radius 2 is 2.24 bits per heavy atom. The Balaban J connectivity index is 2.00. The van der Waals surface area contributed by atoms with Crippen LogP contribution in [0.1, 0.15) is 33.0 Å². The second kappa shape index (κ2) is 7.82. The van der Waals surface area contributed by atoms with Crippen LogP contribution in [0, 0.1) is 0 Å². The molecule has 120 valence electrons. The van der Waals surface area contributed by atoms with E-state index in [4.69, 9.17) is 4.74 Å². The maximum atomic E-state index is 6.01. The summed E-state index contributed by atoms with van der Waals surface area (Å²) in [5.41, 5.74) is 0. The summed E-state index contributed by atoms with van der Waals surface area (Å²) in [6, 6.07) is 0.786. The zero-order valence-electron chi connectivity index (χ0n) is 13.6. The van der Waals surface area contributed by atoms with Crippen molar-refractivity contribution < 1.29 is 4.74 Å². The van der Waals surface area contributed by atoms with E-state index in [1.54, 1.807) is 7.05 Å². The number of tetrazole rings is 1. The number of rotatable bonds is 7. The van der Waals surface area contributed by atoms with E-state index in [2.05, 4.69) is 46.4 Å². The molecule has 0 spiro atoms. The molecule has 7 heteroatoms. The molecule has 0 aromatic carbocycles. The van der Waals surface area contributed by atoms with Gasteiger partial charge in [0.25, 0.3) is 0 Å². The zero-order chi connectivity index (χ0) is 15.2. The predicted molar refractivity (Wildman–Crippen MR) is 81.0 cm³/mol. The zero-order valence-corrected chi connectivity index (χ0v) is 13.6. The molecule has 2 rings (SSSR count). The lowest BCUT2D eigenvalue weighted by Gasteiger charge is -2.39. The topological polar surface area (TPSA) is 68.1 Å². The van der Waals surface area contributed by atoms with Gasteiger partial charge in [-0.3, -0.25) is 4.90 Å². The van der Waals surface area contributed by atoms with Crippen LogP contribution >= 0.6 is 0 Å². The van der Waals surface area contributed by atoms with Gasteiger partial charge in [-0.15, -0.1) is 10.2 Å². The summed E-state index contributed by atoms with van der Waals surface area (Å²) < 4.78 is 6.01. The summed E-state index contributed by atoms with van der Waals surface area (Å²) in [7, 11) is 1.79. The number of nitrogens with one attached hydrogen (secondary N) is 1. The number of nitrogens with zero attached hydrogens (tertiary/aromatic N) is 5. The summed E-state index contributed by atoms with van der Waals surface area (Å²) >= 11 is 0. The van der Waals surface area contributed by atoms with Crippen LogP contribution in [-0.2, 0) is 18.2 Å². The smallest absolute Gasteiger partial charge is 0.176 e. The van der Waals surface area contributed by atoms with Crippen molar-refractivity contribution in [2.24, 2.45) is 7.05 Å². The molecule has 0 radical (unpaired) electrons. The van der Waals surface area contributed by atoms with Gasteiger partial charge in [0.05, 0.1) is 19.8 Å². The predicted octanol–water partition coefficient (Wildman–Crippen LogP) is 0.230. The molecule has 1 saturated heterocycles. The van der Waals surface area contributed by atoms with Gasteiger partial charge in [0.2, 0.25) is 0 Å². The van der Waals surface area contributed by atoms with Crippen LogP contribution in [0.2, 0.25) is 0 Å². The van der Waals surface area contributed by atoms with Crippen molar-refractivity contribution in [2.75, 3.05) is 26.2 Å². The molecule has 1 N–H and O–H groups in total. The van der Waals surface area contributed by atoms with Crippen molar-refractivity contribution in [2.45, 2.75) is 51.8 Å². The van der Waals surface area contributed by atoms with Crippen LogP contribution in [0.5, 0.6) is 0 Å². The van der Waals surface area contributed by atoms with Gasteiger partial charge in [-0.05, 0) is 32.0 Å². The Morgan fingerprint density at radius 1 is 1.43 bits per heavy atom. The Kier molecular flexibility index (Phi) is 6.08. The van der Waals surface area contributed by atoms with Crippen molar-refractivity contribution in [3.63, 3.8) is 0 Å². The summed E-state index contributed by atoms with van der Waals surface area (Å²) in [5, 5.41) is 15.9. The van der Waals surface area contributed by atoms with Crippen molar-refractivity contribution in [1.29, 1.82) is 0 Å². The first kappa shape index (κ1) is 16.3. The minimum absolute atomic E-state index is 0.177. The lowest BCUT2D eigenvalue weighted by Crippen LogP contribution is -2.54. The molecule has 21 heavy (non-hydrogen) atoms. The largest absolute Gasteiger partial charge is 0.374 e. The van der Waals surface area contributed by atoms with Crippen LogP contribution in [0.3, 0.4) is 0 Å². The molecule has 2 atom stereocenters. The second-order valence-corrected chi connectivity index (χ2v) is 5.96. The normalized spacial score (nSPS) is 21.9. The first-order chi connectivity index (χ1) is 10.1. The average molecular weight is 296 g/mol. The maximum absolute atomic E-state index is 6.01. The third kappa shape index (κ3) is 4.72. The fraction of sp³-hybridized carbons (Fsp3) is 0.929. The van der Waals surface area contributed by atoms with Crippen molar-refractivity contribution in [3.8, 4) is 0 Å². The highest BCUT2D eigenvalue weighted by molar-refractivity contribution is 4.92. The number of aryl methyl sites for hydroxylation is 1. The Labute approximate surface area is 127 Å². The summed E-state index contributed by atoms with van der Waals surface area (Å²) in [4.78, 5) is 3.98. The van der Waals surface area contributed by atoms with Crippen LogP contribution in [0.4, 0.5) is 0 Å². The van der Waals surface area contributed by atoms with E-state index in [9.17, 15) is 0 Å². The van der Waals surface area contributed by atoms with Crippen molar-refractivity contribution >= 4 is 0 Å². The van der Waals surface area contributed by atoms with Gasteiger partial charge >= 0.3 is 0 Å². The molecule has 0 bridgehead atoms. The van der Waals surface area contributed by atoms with E-state index >= 15 is 0 Å². The molecule has 2 unspecified atom stereocenters. The average Bonchev–Trinajstić information content (AvgIpc) is 2.89. The molecule has 2 heterocycles. The highest BCUT2D eigenvalue weighted by Gasteiger charge is 2.29. The molecule has 0 amide bonds. The molecule has 1 aromatic rings. The maximum Gasteiger partial charge on any atom is 0.176 e. The summed E-state index contributed by atoms with van der Waals surface area (Å²) in [6.07, 6.45) is 2.03. The molecular weight excluding hydrogens is 268 g/mol. The molecule has 0 aliphatic carbocycles. The second-order valence-electron chi connectivity index (χ2n) is 5.96. The molecular formula is C14H28N6O. The third-order valence-electron chi connectivity index (χ3n) is 3.91. The van der Waals surface area contributed by atoms with E-state index in [-0.39, 0.29) is 12.1 Å². The highest BCUT2D eigenvalue weighted by Crippen LogP contribution is 2.14. The van der Waals surface area contributed by atoms with E-state index < -0.39 is 0 Å². The fourth-order valence-corrected chi connectivity index (χ4v) is 2.68. The van der Waals surface area contributed by atoms with E-state index in [1.165, 1.54) is 4.80 Å². The van der Waals surface area contributed by atoms with Crippen LogP contribution in [-0.4, -0.2) is 69.5 Å². The van der Waals surface area contributed by atoms with Gasteiger partial charge < -0.3 is 10.1 Å². The minimum Gasteiger partial charge on any atom is -0.374 e. The number of ether oxygens (including phenoxy) is 1. The number of hydrogen-bond donors (Lipinski definition) is 1. The van der Waals surface area contributed by atoms with Crippen LogP contribution in [0.15, 0.2) is 0 Å². The molecule has 1 aliphatic heterocycles. The lowest BCUT2D eigenvalue weighted by molar-refractivity contribution is -0.0554. The lowest BCUT2D eigenvalue weighted by atomic mass is 10.0. The number of hydrogen-bond acceptors (Lipinski definition) is 6. The Morgan fingerprint density at radius 3 is 2.86 bits per heavy atom. The van der Waals surface area contributed by atoms with Gasteiger partial charge in [0, 0.05) is 31.6 Å².